The molecule has 1 atom stereocenters. The number of nitrogens with zero attached hydrogens (tertiary/aromatic N) is 4. The van der Waals surface area contributed by atoms with E-state index in [4.69, 9.17) is 0 Å². The highest BCUT2D eigenvalue weighted by atomic mass is 19.4. The Bertz CT molecular complexity index is 863. The van der Waals surface area contributed by atoms with Crippen molar-refractivity contribution >= 4 is 11.7 Å². The number of nitrogens with one attached hydrogen (secondary N) is 1. The van der Waals surface area contributed by atoms with Crippen LogP contribution in [0.15, 0.2) is 24.3 Å². The van der Waals surface area contributed by atoms with Gasteiger partial charge in [0.15, 0.2) is 5.82 Å². The van der Waals surface area contributed by atoms with Gasteiger partial charge < -0.3 is 14.8 Å². The van der Waals surface area contributed by atoms with Crippen LogP contribution in [0, 0.1) is 0 Å². The Kier molecular flexibility index (Phi) is 4.99. The van der Waals surface area contributed by atoms with Gasteiger partial charge in [-0.3, -0.25) is 0 Å². The molecule has 0 bridgehead atoms. The molecule has 0 spiro atoms. The van der Waals surface area contributed by atoms with Crippen molar-refractivity contribution in [3.8, 4) is 0 Å². The smallest absolute Gasteiger partial charge is 0.314 e. The molecule has 3 heterocycles. The van der Waals surface area contributed by atoms with Crippen molar-refractivity contribution in [1.29, 1.82) is 0 Å². The van der Waals surface area contributed by atoms with Gasteiger partial charge in [-0.05, 0) is 43.9 Å². The highest BCUT2D eigenvalue weighted by Crippen LogP contribution is 2.34. The van der Waals surface area contributed by atoms with Crippen molar-refractivity contribution in [2.75, 3.05) is 11.9 Å². The quantitative estimate of drug-likeness (QED) is 0.823. The van der Waals surface area contributed by atoms with E-state index in [1.807, 2.05) is 0 Å². The average Bonchev–Trinajstić information content (AvgIpc) is 3.22. The van der Waals surface area contributed by atoms with E-state index in [-0.39, 0.29) is 11.7 Å². The van der Waals surface area contributed by atoms with Crippen molar-refractivity contribution in [2.45, 2.75) is 57.3 Å². The molecule has 0 radical (unpaired) electrons. The topological polar surface area (TPSA) is 63.1 Å². The molecule has 2 amide bonds. The number of likely N-dealkylation sites (tertiary alicyclic amines) is 1. The van der Waals surface area contributed by atoms with E-state index in [2.05, 4.69) is 20.1 Å². The Morgan fingerprint density at radius 3 is 2.79 bits per heavy atom. The van der Waals surface area contributed by atoms with Gasteiger partial charge in [0.2, 0.25) is 0 Å². The summed E-state index contributed by atoms with van der Waals surface area (Å²) in [4.78, 5) is 14.4. The minimum absolute atomic E-state index is 0.130. The fourth-order valence-electron chi connectivity index (χ4n) is 4.00. The number of urea groups is 1. The average molecular weight is 393 g/mol. The number of rotatable bonds is 2. The Morgan fingerprint density at radius 1 is 1.11 bits per heavy atom. The molecule has 2 aliphatic heterocycles. The molecule has 2 aliphatic rings. The van der Waals surface area contributed by atoms with E-state index >= 15 is 0 Å². The summed E-state index contributed by atoms with van der Waals surface area (Å²) >= 11 is 0. The Hall–Kier alpha value is -2.58. The number of aromatic nitrogens is 3. The second-order valence-corrected chi connectivity index (χ2v) is 7.30. The molecule has 150 valence electrons. The lowest BCUT2D eigenvalue weighted by atomic mass is 10.2. The maximum atomic E-state index is 12.9. The monoisotopic (exact) mass is 393 g/mol. The fraction of sp³-hybridized carbons (Fsp3) is 0.526. The molecule has 1 aromatic heterocycles. The number of hydrogen-bond donors (Lipinski definition) is 1. The Labute approximate surface area is 160 Å². The predicted molar refractivity (Wildman–Crippen MR) is 96.7 cm³/mol. The molecule has 28 heavy (non-hydrogen) atoms. The minimum Gasteiger partial charge on any atom is -0.314 e. The maximum Gasteiger partial charge on any atom is 0.416 e. The van der Waals surface area contributed by atoms with Gasteiger partial charge in [-0.15, -0.1) is 10.2 Å². The van der Waals surface area contributed by atoms with E-state index in [0.717, 1.165) is 68.9 Å². The van der Waals surface area contributed by atoms with Gasteiger partial charge >= 0.3 is 12.2 Å². The number of hydrogen-bond acceptors (Lipinski definition) is 3. The first-order valence-corrected chi connectivity index (χ1v) is 9.60. The molecular weight excluding hydrogens is 371 g/mol. The molecule has 1 N–H and O–H groups in total. The van der Waals surface area contributed by atoms with E-state index in [1.165, 1.54) is 12.1 Å². The minimum atomic E-state index is -4.45. The summed E-state index contributed by atoms with van der Waals surface area (Å²) in [6, 6.07) is 4.07. The van der Waals surface area contributed by atoms with Crippen LogP contribution in [0.4, 0.5) is 23.7 Å². The second kappa shape index (κ2) is 7.44. The van der Waals surface area contributed by atoms with E-state index in [9.17, 15) is 18.0 Å². The molecule has 0 saturated carbocycles. The molecule has 6 nitrogen and oxygen atoms in total. The van der Waals surface area contributed by atoms with Crippen LogP contribution >= 0.6 is 0 Å². The van der Waals surface area contributed by atoms with Gasteiger partial charge in [0, 0.05) is 25.2 Å². The van der Waals surface area contributed by atoms with Crippen LogP contribution in [0.1, 0.15) is 55.4 Å². The van der Waals surface area contributed by atoms with Gasteiger partial charge in [0.1, 0.15) is 5.82 Å². The Balaban J connectivity index is 1.53. The highest BCUT2D eigenvalue weighted by Gasteiger charge is 2.35. The zero-order valence-electron chi connectivity index (χ0n) is 15.4. The summed E-state index contributed by atoms with van der Waals surface area (Å²) < 4.78 is 40.8. The molecule has 4 rings (SSSR count). The number of benzene rings is 1. The van der Waals surface area contributed by atoms with Crippen LogP contribution in [0.5, 0.6) is 0 Å². The highest BCUT2D eigenvalue weighted by molar-refractivity contribution is 5.89. The lowest BCUT2D eigenvalue weighted by molar-refractivity contribution is -0.137. The largest absolute Gasteiger partial charge is 0.416 e. The summed E-state index contributed by atoms with van der Waals surface area (Å²) in [6.45, 7) is 1.38. The molecule has 1 saturated heterocycles. The maximum absolute atomic E-state index is 12.9. The number of anilines is 1. The number of carbonyl (C=O) groups excluding carboxylic acids is 1. The van der Waals surface area contributed by atoms with Crippen molar-refractivity contribution in [3.05, 3.63) is 41.5 Å². The zero-order chi connectivity index (χ0) is 19.7. The van der Waals surface area contributed by atoms with Gasteiger partial charge in [-0.25, -0.2) is 4.79 Å². The van der Waals surface area contributed by atoms with Crippen molar-refractivity contribution in [3.63, 3.8) is 0 Å². The van der Waals surface area contributed by atoms with Crippen molar-refractivity contribution < 1.29 is 18.0 Å². The molecule has 2 aromatic rings. The van der Waals surface area contributed by atoms with Gasteiger partial charge in [-0.1, -0.05) is 12.5 Å². The van der Waals surface area contributed by atoms with Crippen molar-refractivity contribution in [1.82, 2.24) is 19.7 Å². The van der Waals surface area contributed by atoms with E-state index < -0.39 is 17.8 Å². The predicted octanol–water partition coefficient (Wildman–Crippen LogP) is 4.39. The lowest BCUT2D eigenvalue weighted by Crippen LogP contribution is -2.35. The summed E-state index contributed by atoms with van der Waals surface area (Å²) in [5.41, 5.74) is -0.656. The Morgan fingerprint density at radius 2 is 1.96 bits per heavy atom. The van der Waals surface area contributed by atoms with Crippen LogP contribution in [0.25, 0.3) is 0 Å². The first-order valence-electron chi connectivity index (χ1n) is 9.60. The van der Waals surface area contributed by atoms with Gasteiger partial charge in [-0.2, -0.15) is 13.2 Å². The zero-order valence-corrected chi connectivity index (χ0v) is 15.4. The van der Waals surface area contributed by atoms with Crippen LogP contribution in [-0.4, -0.2) is 32.2 Å². The standard InChI is InChI=1S/C19H22F3N5O/c20-19(21,22)13-6-4-7-14(12-13)23-18(28)26-11-5-8-15(26)17-25-24-16-9-2-1-3-10-27(16)17/h4,6-7,12,15H,1-3,5,8-11H2,(H,23,28). The molecule has 1 aromatic carbocycles. The van der Waals surface area contributed by atoms with E-state index in [0.29, 0.717) is 6.54 Å². The first-order chi connectivity index (χ1) is 13.4. The van der Waals surface area contributed by atoms with Crippen LogP contribution in [-0.2, 0) is 19.1 Å². The summed E-state index contributed by atoms with van der Waals surface area (Å²) in [5, 5.41) is 11.3. The number of alkyl halides is 3. The summed E-state index contributed by atoms with van der Waals surface area (Å²) in [6.07, 6.45) is 1.32. The van der Waals surface area contributed by atoms with Gasteiger partial charge in [0.25, 0.3) is 0 Å². The number of aryl methyl sites for hydroxylation is 1. The second-order valence-electron chi connectivity index (χ2n) is 7.30. The van der Waals surface area contributed by atoms with Crippen LogP contribution in [0.3, 0.4) is 0 Å². The third-order valence-electron chi connectivity index (χ3n) is 5.39. The molecule has 1 unspecified atom stereocenters. The summed E-state index contributed by atoms with van der Waals surface area (Å²) in [7, 11) is 0. The normalized spacial score (nSPS) is 20.0. The van der Waals surface area contributed by atoms with Crippen molar-refractivity contribution in [2.24, 2.45) is 0 Å². The first kappa shape index (κ1) is 18.8. The van der Waals surface area contributed by atoms with Crippen LogP contribution < -0.4 is 5.32 Å². The number of amides is 2. The lowest BCUT2D eigenvalue weighted by Gasteiger charge is -2.25. The third kappa shape index (κ3) is 3.70. The van der Waals surface area contributed by atoms with Gasteiger partial charge in [0.05, 0.1) is 11.6 Å². The number of halogens is 3. The molecule has 9 heteroatoms. The van der Waals surface area contributed by atoms with E-state index in [1.54, 1.807) is 4.90 Å². The molecule has 0 aliphatic carbocycles. The molecule has 1 fully saturated rings. The third-order valence-corrected chi connectivity index (χ3v) is 5.39. The molecular formula is C19H22F3N5O. The van der Waals surface area contributed by atoms with Crippen LogP contribution in [0.2, 0.25) is 0 Å². The fourth-order valence-corrected chi connectivity index (χ4v) is 4.00. The number of carbonyl (C=O) groups is 1. The summed E-state index contributed by atoms with van der Waals surface area (Å²) in [5.74, 6) is 1.74. The number of fused-ring (bicyclic) bond motifs is 1. The SMILES string of the molecule is O=C(Nc1cccc(C(F)(F)F)c1)N1CCCC1c1nnc2n1CCCCC2.